The fraction of sp³-hybridized carbons (Fsp3) is 0.538. The molecule has 0 saturated carbocycles. The van der Waals surface area contributed by atoms with Crippen molar-refractivity contribution in [3.63, 3.8) is 0 Å². The first-order valence-corrected chi connectivity index (χ1v) is 6.08. The third-order valence-corrected chi connectivity index (χ3v) is 2.76. The summed E-state index contributed by atoms with van der Waals surface area (Å²) >= 11 is 0. The molecule has 0 aliphatic heterocycles. The SMILES string of the molecule is CC[C@H](O)c1ccccc1N(CCO)CC(F)(F)F. The second kappa shape index (κ2) is 6.77. The maximum Gasteiger partial charge on any atom is 0.405 e. The Morgan fingerprint density at radius 2 is 1.89 bits per heavy atom. The van der Waals surface area contributed by atoms with Crippen molar-refractivity contribution in [1.82, 2.24) is 0 Å². The lowest BCUT2D eigenvalue weighted by atomic mass is 10.0. The zero-order valence-electron chi connectivity index (χ0n) is 10.7. The van der Waals surface area contributed by atoms with Gasteiger partial charge in [0.05, 0.1) is 12.7 Å². The van der Waals surface area contributed by atoms with Gasteiger partial charge < -0.3 is 15.1 Å². The van der Waals surface area contributed by atoms with Gasteiger partial charge in [-0.15, -0.1) is 0 Å². The topological polar surface area (TPSA) is 43.7 Å². The van der Waals surface area contributed by atoms with Crippen molar-refractivity contribution in [3.05, 3.63) is 29.8 Å². The van der Waals surface area contributed by atoms with Crippen LogP contribution in [0.3, 0.4) is 0 Å². The molecule has 0 saturated heterocycles. The fourth-order valence-electron chi connectivity index (χ4n) is 1.90. The molecule has 0 unspecified atom stereocenters. The highest BCUT2D eigenvalue weighted by Gasteiger charge is 2.31. The molecule has 2 N–H and O–H groups in total. The lowest BCUT2D eigenvalue weighted by molar-refractivity contribution is -0.119. The molecule has 1 atom stereocenters. The van der Waals surface area contributed by atoms with Crippen LogP contribution in [0.15, 0.2) is 24.3 Å². The summed E-state index contributed by atoms with van der Waals surface area (Å²) < 4.78 is 37.6. The van der Waals surface area contributed by atoms with Crippen molar-refractivity contribution in [2.45, 2.75) is 25.6 Å². The molecule has 0 aromatic heterocycles. The van der Waals surface area contributed by atoms with Gasteiger partial charge in [-0.05, 0) is 12.5 Å². The molecule has 108 valence electrons. The molecule has 0 amide bonds. The van der Waals surface area contributed by atoms with E-state index in [0.29, 0.717) is 17.7 Å². The van der Waals surface area contributed by atoms with Gasteiger partial charge in [-0.1, -0.05) is 25.1 Å². The third kappa shape index (κ3) is 4.72. The normalized spacial score (nSPS) is 13.4. The smallest absolute Gasteiger partial charge is 0.395 e. The van der Waals surface area contributed by atoms with Crippen LogP contribution in [0, 0.1) is 0 Å². The van der Waals surface area contributed by atoms with Crippen molar-refractivity contribution >= 4 is 5.69 Å². The maximum absolute atomic E-state index is 12.5. The molecule has 3 nitrogen and oxygen atoms in total. The highest BCUT2D eigenvalue weighted by molar-refractivity contribution is 5.54. The minimum absolute atomic E-state index is 0.132. The summed E-state index contributed by atoms with van der Waals surface area (Å²) in [4.78, 5) is 1.04. The van der Waals surface area contributed by atoms with Crippen molar-refractivity contribution in [2.24, 2.45) is 0 Å². The molecule has 0 heterocycles. The van der Waals surface area contributed by atoms with Gasteiger partial charge in [0.25, 0.3) is 0 Å². The van der Waals surface area contributed by atoms with Crippen LogP contribution in [-0.4, -0.2) is 36.1 Å². The Balaban J connectivity index is 3.08. The summed E-state index contributed by atoms with van der Waals surface area (Å²) in [6, 6.07) is 6.41. The Morgan fingerprint density at radius 3 is 2.42 bits per heavy atom. The predicted molar refractivity (Wildman–Crippen MR) is 67.0 cm³/mol. The van der Waals surface area contributed by atoms with E-state index in [0.717, 1.165) is 4.90 Å². The van der Waals surface area contributed by atoms with E-state index in [1.807, 2.05) is 0 Å². The number of alkyl halides is 3. The third-order valence-electron chi connectivity index (χ3n) is 2.76. The quantitative estimate of drug-likeness (QED) is 0.839. The minimum atomic E-state index is -4.36. The molecule has 1 aromatic carbocycles. The number of aliphatic hydroxyl groups is 2. The van der Waals surface area contributed by atoms with Gasteiger partial charge in [0.1, 0.15) is 6.54 Å². The summed E-state index contributed by atoms with van der Waals surface area (Å²) in [5, 5.41) is 18.8. The Labute approximate surface area is 110 Å². The number of hydrogen-bond donors (Lipinski definition) is 2. The van der Waals surface area contributed by atoms with Crippen LogP contribution in [-0.2, 0) is 0 Å². The zero-order valence-corrected chi connectivity index (χ0v) is 10.7. The number of hydrogen-bond acceptors (Lipinski definition) is 3. The summed E-state index contributed by atoms with van der Waals surface area (Å²) in [7, 11) is 0. The number of para-hydroxylation sites is 1. The van der Waals surface area contributed by atoms with Gasteiger partial charge in [-0.2, -0.15) is 13.2 Å². The number of nitrogens with zero attached hydrogens (tertiary/aromatic N) is 1. The Hall–Kier alpha value is -1.27. The molecule has 0 bridgehead atoms. The van der Waals surface area contributed by atoms with E-state index in [9.17, 15) is 18.3 Å². The van der Waals surface area contributed by atoms with E-state index in [2.05, 4.69) is 0 Å². The molecule has 0 aliphatic carbocycles. The molecular formula is C13H18F3NO2. The van der Waals surface area contributed by atoms with E-state index in [-0.39, 0.29) is 13.2 Å². The molecule has 19 heavy (non-hydrogen) atoms. The van der Waals surface area contributed by atoms with E-state index < -0.39 is 18.8 Å². The molecule has 1 rings (SSSR count). The van der Waals surface area contributed by atoms with Gasteiger partial charge in [0.2, 0.25) is 0 Å². The second-order valence-corrected chi connectivity index (χ2v) is 4.24. The Bertz CT molecular complexity index is 396. The maximum atomic E-state index is 12.5. The first kappa shape index (κ1) is 15.8. The van der Waals surface area contributed by atoms with Crippen LogP contribution in [0.4, 0.5) is 18.9 Å². The van der Waals surface area contributed by atoms with Crippen LogP contribution in [0.1, 0.15) is 25.0 Å². The minimum Gasteiger partial charge on any atom is -0.395 e. The number of benzene rings is 1. The second-order valence-electron chi connectivity index (χ2n) is 4.24. The highest BCUT2D eigenvalue weighted by atomic mass is 19.4. The van der Waals surface area contributed by atoms with E-state index in [1.54, 1.807) is 25.1 Å². The molecule has 0 fully saturated rings. The van der Waals surface area contributed by atoms with Gasteiger partial charge >= 0.3 is 6.18 Å². The van der Waals surface area contributed by atoms with E-state index in [4.69, 9.17) is 5.11 Å². The van der Waals surface area contributed by atoms with Crippen LogP contribution in [0.25, 0.3) is 0 Å². The highest BCUT2D eigenvalue weighted by Crippen LogP contribution is 2.30. The molecule has 0 spiro atoms. The number of anilines is 1. The van der Waals surface area contributed by atoms with Gasteiger partial charge in [-0.3, -0.25) is 0 Å². The number of halogens is 3. The summed E-state index contributed by atoms with van der Waals surface area (Å²) in [5.74, 6) is 0. The average molecular weight is 277 g/mol. The predicted octanol–water partition coefficient (Wildman–Crippen LogP) is 2.49. The average Bonchev–Trinajstić information content (AvgIpc) is 2.36. The van der Waals surface area contributed by atoms with Gasteiger partial charge in [0, 0.05) is 17.8 Å². The van der Waals surface area contributed by atoms with Gasteiger partial charge in [-0.25, -0.2) is 0 Å². The summed E-state index contributed by atoms with van der Waals surface area (Å²) in [5.41, 5.74) is 0.755. The number of aliphatic hydroxyl groups excluding tert-OH is 2. The van der Waals surface area contributed by atoms with Crippen molar-refractivity contribution in [3.8, 4) is 0 Å². The summed E-state index contributed by atoms with van der Waals surface area (Å²) in [6.07, 6.45) is -4.76. The van der Waals surface area contributed by atoms with Gasteiger partial charge in [0.15, 0.2) is 0 Å². The van der Waals surface area contributed by atoms with Crippen LogP contribution >= 0.6 is 0 Å². The lowest BCUT2D eigenvalue weighted by Crippen LogP contribution is -2.37. The Kier molecular flexibility index (Phi) is 5.62. The first-order valence-electron chi connectivity index (χ1n) is 6.08. The van der Waals surface area contributed by atoms with Crippen LogP contribution in [0.5, 0.6) is 0 Å². The fourth-order valence-corrected chi connectivity index (χ4v) is 1.90. The molecule has 6 heteroatoms. The summed E-state index contributed by atoms with van der Waals surface area (Å²) in [6.45, 7) is 0.0855. The molecular weight excluding hydrogens is 259 g/mol. The van der Waals surface area contributed by atoms with Crippen molar-refractivity contribution in [1.29, 1.82) is 0 Å². The molecule has 1 aromatic rings. The zero-order chi connectivity index (χ0) is 14.5. The van der Waals surface area contributed by atoms with Crippen molar-refractivity contribution in [2.75, 3.05) is 24.6 Å². The Morgan fingerprint density at radius 1 is 1.26 bits per heavy atom. The first-order chi connectivity index (χ1) is 8.89. The molecule has 0 aliphatic rings. The van der Waals surface area contributed by atoms with E-state index >= 15 is 0 Å². The van der Waals surface area contributed by atoms with Crippen LogP contribution < -0.4 is 4.90 Å². The van der Waals surface area contributed by atoms with Crippen LogP contribution in [0.2, 0.25) is 0 Å². The molecule has 0 radical (unpaired) electrons. The largest absolute Gasteiger partial charge is 0.405 e. The monoisotopic (exact) mass is 277 g/mol. The van der Waals surface area contributed by atoms with E-state index in [1.165, 1.54) is 6.07 Å². The standard InChI is InChI=1S/C13H18F3NO2/c1-2-12(19)10-5-3-4-6-11(10)17(7-8-18)9-13(14,15)16/h3-6,12,18-19H,2,7-9H2,1H3/t12-/m0/s1. The van der Waals surface area contributed by atoms with Crippen molar-refractivity contribution < 1.29 is 23.4 Å². The number of rotatable bonds is 6. The lowest BCUT2D eigenvalue weighted by Gasteiger charge is -2.28.